The topological polar surface area (TPSA) is 92.6 Å². The molecule has 0 spiro atoms. The van der Waals surface area contributed by atoms with Gasteiger partial charge in [-0.3, -0.25) is 24.6 Å². The number of carbonyl (C=O) groups is 2. The lowest BCUT2D eigenvalue weighted by molar-refractivity contribution is -0.384. The molecule has 0 radical (unpaired) electrons. The van der Waals surface area contributed by atoms with Gasteiger partial charge in [0.05, 0.1) is 22.3 Å². The number of alkyl halides is 3. The molecule has 2 aromatic carbocycles. The van der Waals surface area contributed by atoms with Gasteiger partial charge in [-0.2, -0.15) is 13.2 Å². The molecular weight excluding hydrogens is 439 g/mol. The van der Waals surface area contributed by atoms with E-state index < -0.39 is 28.5 Å². The number of nitrogens with one attached hydrogen (secondary N) is 1. The summed E-state index contributed by atoms with van der Waals surface area (Å²) in [5.41, 5.74) is 0.172. The number of halogens is 3. The summed E-state index contributed by atoms with van der Waals surface area (Å²) >= 11 is 0. The lowest BCUT2D eigenvalue weighted by Gasteiger charge is -2.37. The third kappa shape index (κ3) is 4.08. The molecule has 172 valence electrons. The molecule has 10 heteroatoms. The van der Waals surface area contributed by atoms with Crippen LogP contribution in [-0.2, 0) is 9.59 Å². The Labute approximate surface area is 187 Å². The van der Waals surface area contributed by atoms with Crippen LogP contribution in [0.25, 0.3) is 0 Å². The van der Waals surface area contributed by atoms with Crippen molar-refractivity contribution in [3.05, 3.63) is 75.5 Å². The van der Waals surface area contributed by atoms with E-state index in [1.807, 2.05) is 13.8 Å². The van der Waals surface area contributed by atoms with Crippen LogP contribution < -0.4 is 10.2 Å². The van der Waals surface area contributed by atoms with Gasteiger partial charge in [-0.1, -0.05) is 26.0 Å². The normalized spacial score (nSPS) is 19.8. The van der Waals surface area contributed by atoms with Gasteiger partial charge in [0.2, 0.25) is 0 Å². The zero-order valence-corrected chi connectivity index (χ0v) is 17.8. The molecule has 33 heavy (non-hydrogen) atoms. The van der Waals surface area contributed by atoms with E-state index in [2.05, 4.69) is 5.32 Å². The molecule has 1 amide bonds. The summed E-state index contributed by atoms with van der Waals surface area (Å²) in [7, 11) is 0. The minimum absolute atomic E-state index is 0.0387. The van der Waals surface area contributed by atoms with Gasteiger partial charge < -0.3 is 5.32 Å². The molecule has 0 bridgehead atoms. The van der Waals surface area contributed by atoms with Gasteiger partial charge in [0.15, 0.2) is 5.78 Å². The zero-order chi connectivity index (χ0) is 24.1. The number of non-ortho nitro benzene ring substituents is 1. The maximum atomic E-state index is 13.8. The Morgan fingerprint density at radius 3 is 2.36 bits per heavy atom. The van der Waals surface area contributed by atoms with Crippen LogP contribution in [0.3, 0.4) is 0 Å². The number of anilines is 2. The molecule has 1 aliphatic heterocycles. The van der Waals surface area contributed by atoms with E-state index in [0.717, 1.165) is 12.1 Å². The second kappa shape index (κ2) is 7.72. The highest BCUT2D eigenvalue weighted by atomic mass is 19.4. The molecule has 7 nitrogen and oxygen atoms in total. The molecule has 2 aliphatic rings. The molecule has 0 saturated heterocycles. The summed E-state index contributed by atoms with van der Waals surface area (Å²) in [5, 5.41) is 14.2. The van der Waals surface area contributed by atoms with E-state index in [-0.39, 0.29) is 40.4 Å². The number of Topliss-reactive ketones (excluding diaryl/α,β-unsaturated/α-hetero) is 1. The van der Waals surface area contributed by atoms with Crippen LogP contribution in [0.2, 0.25) is 0 Å². The first kappa shape index (κ1) is 22.5. The van der Waals surface area contributed by atoms with E-state index in [9.17, 15) is 32.9 Å². The van der Waals surface area contributed by atoms with E-state index >= 15 is 0 Å². The largest absolute Gasteiger partial charge is 0.471 e. The number of amides is 1. The second-order valence-corrected chi connectivity index (χ2v) is 8.90. The Bertz CT molecular complexity index is 1190. The third-order valence-electron chi connectivity index (χ3n) is 5.78. The van der Waals surface area contributed by atoms with Crippen molar-refractivity contribution in [2.45, 2.75) is 38.9 Å². The Morgan fingerprint density at radius 1 is 1.12 bits per heavy atom. The van der Waals surface area contributed by atoms with Crippen LogP contribution in [0.1, 0.15) is 38.3 Å². The van der Waals surface area contributed by atoms with E-state index in [1.54, 1.807) is 12.1 Å². The monoisotopic (exact) mass is 459 g/mol. The molecule has 1 heterocycles. The molecular formula is C23H20F3N3O4. The van der Waals surface area contributed by atoms with Crippen molar-refractivity contribution in [3.8, 4) is 0 Å². The van der Waals surface area contributed by atoms with Gasteiger partial charge in [-0.15, -0.1) is 0 Å². The number of carbonyl (C=O) groups excluding carboxylic acids is 2. The number of para-hydroxylation sites is 2. The Kier molecular flexibility index (Phi) is 5.26. The third-order valence-corrected chi connectivity index (χ3v) is 5.78. The quantitative estimate of drug-likeness (QED) is 0.486. The average Bonchev–Trinajstić information content (AvgIpc) is 2.85. The van der Waals surface area contributed by atoms with Crippen molar-refractivity contribution in [2.24, 2.45) is 5.41 Å². The number of benzene rings is 2. The number of hydrogen-bond acceptors (Lipinski definition) is 5. The number of nitrogens with zero attached hydrogens (tertiary/aromatic N) is 2. The number of hydrogen-bond donors (Lipinski definition) is 1. The maximum absolute atomic E-state index is 13.8. The second-order valence-electron chi connectivity index (χ2n) is 8.90. The van der Waals surface area contributed by atoms with E-state index in [0.29, 0.717) is 17.0 Å². The van der Waals surface area contributed by atoms with Gasteiger partial charge in [0, 0.05) is 29.8 Å². The minimum atomic E-state index is -5.21. The SMILES string of the molecule is CC1(C)CC(=O)C2=C(C1)Nc1ccccc1N(C(=O)C(F)(F)F)C2c1ccc([N+](=O)[O-])cc1. The molecule has 1 atom stereocenters. The number of nitro groups is 1. The molecule has 1 aliphatic carbocycles. The Hall–Kier alpha value is -3.69. The fourth-order valence-electron chi connectivity index (χ4n) is 4.44. The number of rotatable bonds is 2. The van der Waals surface area contributed by atoms with Crippen molar-refractivity contribution in [3.63, 3.8) is 0 Å². The van der Waals surface area contributed by atoms with Crippen molar-refractivity contribution in [2.75, 3.05) is 10.2 Å². The summed E-state index contributed by atoms with van der Waals surface area (Å²) in [6, 6.07) is 9.48. The van der Waals surface area contributed by atoms with Gasteiger partial charge in [0.1, 0.15) is 0 Å². The van der Waals surface area contributed by atoms with Gasteiger partial charge in [-0.25, -0.2) is 0 Å². The summed E-state index contributed by atoms with van der Waals surface area (Å²) in [6.45, 7) is 3.76. The van der Waals surface area contributed by atoms with Crippen molar-refractivity contribution in [1.29, 1.82) is 0 Å². The number of allylic oxidation sites excluding steroid dienone is 1. The van der Waals surface area contributed by atoms with Crippen molar-refractivity contribution >= 4 is 28.8 Å². The van der Waals surface area contributed by atoms with E-state index in [1.165, 1.54) is 24.3 Å². The summed E-state index contributed by atoms with van der Waals surface area (Å²) in [5.74, 6) is -2.52. The van der Waals surface area contributed by atoms with Crippen molar-refractivity contribution < 1.29 is 27.7 Å². The molecule has 2 aromatic rings. The van der Waals surface area contributed by atoms with Crippen LogP contribution in [0.15, 0.2) is 59.8 Å². The zero-order valence-electron chi connectivity index (χ0n) is 17.8. The first-order chi connectivity index (χ1) is 15.4. The molecule has 0 aromatic heterocycles. The number of nitro benzene ring substituents is 1. The highest BCUT2D eigenvalue weighted by Crippen LogP contribution is 2.49. The summed E-state index contributed by atoms with van der Waals surface area (Å²) in [6.07, 6.45) is -4.75. The number of fused-ring (bicyclic) bond motifs is 1. The predicted molar refractivity (Wildman–Crippen MR) is 114 cm³/mol. The predicted octanol–water partition coefficient (Wildman–Crippen LogP) is 5.30. The van der Waals surface area contributed by atoms with Gasteiger partial charge in [0.25, 0.3) is 5.69 Å². The smallest absolute Gasteiger partial charge is 0.357 e. The fourth-order valence-corrected chi connectivity index (χ4v) is 4.44. The van der Waals surface area contributed by atoms with Crippen LogP contribution in [0.4, 0.5) is 30.2 Å². The highest BCUT2D eigenvalue weighted by molar-refractivity contribution is 6.07. The van der Waals surface area contributed by atoms with Gasteiger partial charge in [-0.05, 0) is 41.7 Å². The molecule has 1 unspecified atom stereocenters. The van der Waals surface area contributed by atoms with Crippen molar-refractivity contribution in [1.82, 2.24) is 0 Å². The first-order valence-corrected chi connectivity index (χ1v) is 10.2. The molecule has 4 rings (SSSR count). The first-order valence-electron chi connectivity index (χ1n) is 10.2. The van der Waals surface area contributed by atoms with Crippen LogP contribution >= 0.6 is 0 Å². The standard InChI is InChI=1S/C23H20F3N3O4/c1-22(2)11-16-19(18(30)12-22)20(13-7-9-14(10-8-13)29(32)33)28(21(31)23(24,25)26)17-6-4-3-5-15(17)27-16/h3-10,20,27H,11-12H2,1-2H3. The Balaban J connectivity index is 2.01. The van der Waals surface area contributed by atoms with Crippen LogP contribution in [0.5, 0.6) is 0 Å². The van der Waals surface area contributed by atoms with E-state index in [4.69, 9.17) is 0 Å². The van der Waals surface area contributed by atoms with Crippen LogP contribution in [-0.4, -0.2) is 22.8 Å². The fraction of sp³-hybridized carbons (Fsp3) is 0.304. The summed E-state index contributed by atoms with van der Waals surface area (Å²) in [4.78, 5) is 37.1. The average molecular weight is 459 g/mol. The molecule has 0 fully saturated rings. The van der Waals surface area contributed by atoms with Crippen LogP contribution in [0, 0.1) is 15.5 Å². The highest BCUT2D eigenvalue weighted by Gasteiger charge is 2.50. The summed E-state index contributed by atoms with van der Waals surface area (Å²) < 4.78 is 41.3. The maximum Gasteiger partial charge on any atom is 0.471 e. The lowest BCUT2D eigenvalue weighted by Crippen LogP contribution is -2.45. The number of ketones is 1. The lowest BCUT2D eigenvalue weighted by atomic mass is 9.73. The Morgan fingerprint density at radius 2 is 1.76 bits per heavy atom. The minimum Gasteiger partial charge on any atom is -0.357 e. The molecule has 1 N–H and O–H groups in total. The van der Waals surface area contributed by atoms with Gasteiger partial charge >= 0.3 is 12.1 Å². The molecule has 0 saturated carbocycles.